The number of hydrogen-bond donors (Lipinski definition) is 2. The molecule has 1 aromatic heterocycles. The molecule has 0 unspecified atom stereocenters. The summed E-state index contributed by atoms with van der Waals surface area (Å²) in [5.41, 5.74) is 5.71. The molecule has 3 aromatic carbocycles. The number of rotatable bonds is 6. The maximum atomic E-state index is 13.0. The Labute approximate surface area is 218 Å². The molecule has 1 saturated heterocycles. The molecule has 0 saturated carbocycles. The number of hydrogen-bond acceptors (Lipinski definition) is 6. The van der Waals surface area contributed by atoms with E-state index in [1.54, 1.807) is 24.4 Å². The van der Waals surface area contributed by atoms with Crippen molar-refractivity contribution in [2.45, 2.75) is 6.54 Å². The normalized spacial score (nSPS) is 14.1. The Bertz CT molecular complexity index is 1380. The number of nitrogens with one attached hydrogen (secondary N) is 1. The largest absolute Gasteiger partial charge is 0.506 e. The van der Waals surface area contributed by atoms with Gasteiger partial charge in [0, 0.05) is 60.5 Å². The van der Waals surface area contributed by atoms with Gasteiger partial charge in [-0.25, -0.2) is 5.48 Å². The molecule has 0 radical (unpaired) electrons. The Morgan fingerprint density at radius 3 is 2.53 bits per heavy atom. The Balaban J connectivity index is 1.16. The molecule has 0 aliphatic carbocycles. The van der Waals surface area contributed by atoms with Crippen LogP contribution in [0.3, 0.4) is 0 Å². The summed E-state index contributed by atoms with van der Waals surface area (Å²) in [5, 5.41) is 11.9. The number of phenols is 1. The summed E-state index contributed by atoms with van der Waals surface area (Å²) in [5.74, 6) is 0.655. The Morgan fingerprint density at radius 2 is 1.75 bits per heavy atom. The van der Waals surface area contributed by atoms with E-state index >= 15 is 0 Å². The van der Waals surface area contributed by atoms with Crippen molar-refractivity contribution in [3.8, 4) is 11.5 Å². The number of aromatic nitrogens is 1. The number of halogens is 2. The lowest BCUT2D eigenvalue weighted by Gasteiger charge is -2.35. The van der Waals surface area contributed by atoms with Crippen LogP contribution in [0.4, 0.5) is 5.69 Å². The summed E-state index contributed by atoms with van der Waals surface area (Å²) in [6, 6.07) is 20.0. The van der Waals surface area contributed by atoms with E-state index in [0.717, 1.165) is 16.6 Å². The number of aromatic hydroxyl groups is 1. The van der Waals surface area contributed by atoms with Crippen molar-refractivity contribution >= 4 is 45.7 Å². The highest BCUT2D eigenvalue weighted by Crippen LogP contribution is 2.32. The molecule has 0 bridgehead atoms. The van der Waals surface area contributed by atoms with Gasteiger partial charge in [0.2, 0.25) is 0 Å². The molecular weight excluding hydrogens is 499 g/mol. The number of fused-ring (bicyclic) bond motifs is 1. The molecule has 36 heavy (non-hydrogen) atoms. The van der Waals surface area contributed by atoms with Gasteiger partial charge in [-0.05, 0) is 48.5 Å². The van der Waals surface area contributed by atoms with Gasteiger partial charge in [0.1, 0.15) is 11.3 Å². The molecule has 7 nitrogen and oxygen atoms in total. The first-order valence-corrected chi connectivity index (χ1v) is 12.3. The molecule has 1 aliphatic rings. The molecule has 0 atom stereocenters. The first-order valence-electron chi connectivity index (χ1n) is 11.5. The zero-order chi connectivity index (χ0) is 25.1. The molecule has 2 heterocycles. The van der Waals surface area contributed by atoms with Crippen LogP contribution in [0.5, 0.6) is 11.5 Å². The summed E-state index contributed by atoms with van der Waals surface area (Å²) >= 11 is 12.1. The first kappa shape index (κ1) is 24.2. The van der Waals surface area contributed by atoms with E-state index in [9.17, 15) is 9.90 Å². The topological polar surface area (TPSA) is 77.9 Å². The van der Waals surface area contributed by atoms with Crippen LogP contribution in [0.1, 0.15) is 15.9 Å². The highest BCUT2D eigenvalue weighted by molar-refractivity contribution is 6.35. The smallest absolute Gasteiger partial charge is 0.253 e. The zero-order valence-electron chi connectivity index (χ0n) is 19.3. The SMILES string of the molecule is O=C(c1ccc(NOc2cccc3cccnc23)cc1)N1CCN(Cc2cc(Cl)cc(Cl)c2O)CC1. The molecule has 1 fully saturated rings. The van der Waals surface area contributed by atoms with Crippen LogP contribution in [-0.2, 0) is 6.54 Å². The van der Waals surface area contributed by atoms with Crippen molar-refractivity contribution in [3.05, 3.63) is 94.1 Å². The molecule has 5 rings (SSSR count). The van der Waals surface area contributed by atoms with Crippen LogP contribution in [0.25, 0.3) is 10.9 Å². The van der Waals surface area contributed by atoms with E-state index in [1.807, 2.05) is 47.4 Å². The van der Waals surface area contributed by atoms with E-state index in [4.69, 9.17) is 28.0 Å². The lowest BCUT2D eigenvalue weighted by molar-refractivity contribution is 0.0627. The Kier molecular flexibility index (Phi) is 7.13. The molecule has 2 N–H and O–H groups in total. The second-order valence-electron chi connectivity index (χ2n) is 8.58. The van der Waals surface area contributed by atoms with E-state index in [2.05, 4.69) is 15.4 Å². The minimum Gasteiger partial charge on any atom is -0.506 e. The first-order chi connectivity index (χ1) is 17.5. The molecule has 184 valence electrons. The van der Waals surface area contributed by atoms with E-state index in [1.165, 1.54) is 6.07 Å². The molecule has 9 heteroatoms. The Hall–Kier alpha value is -3.52. The van der Waals surface area contributed by atoms with Crippen molar-refractivity contribution in [2.24, 2.45) is 0 Å². The van der Waals surface area contributed by atoms with Gasteiger partial charge in [0.05, 0.1) is 10.7 Å². The van der Waals surface area contributed by atoms with Crippen molar-refractivity contribution < 1.29 is 14.7 Å². The summed E-state index contributed by atoms with van der Waals surface area (Å²) in [6.45, 7) is 3.06. The molecule has 1 aliphatic heterocycles. The zero-order valence-corrected chi connectivity index (χ0v) is 20.8. The number of phenolic OH excluding ortho intramolecular Hbond substituents is 1. The van der Waals surface area contributed by atoms with Crippen molar-refractivity contribution in [2.75, 3.05) is 31.7 Å². The van der Waals surface area contributed by atoms with Crippen LogP contribution in [0, 0.1) is 0 Å². The second-order valence-corrected chi connectivity index (χ2v) is 9.42. The predicted octanol–water partition coefficient (Wildman–Crippen LogP) is 5.61. The standard InChI is InChI=1S/C27H24Cl2N4O3/c28-21-15-20(26(34)23(29)16-21)17-32-11-13-33(14-12-32)27(35)19-6-8-22(9-7-19)31-36-24-5-1-3-18-4-2-10-30-25(18)24/h1-10,15-16,31,34H,11-14,17H2. The third-order valence-corrected chi connectivity index (χ3v) is 6.67. The second kappa shape index (κ2) is 10.6. The van der Waals surface area contributed by atoms with Crippen LogP contribution in [0.2, 0.25) is 10.0 Å². The highest BCUT2D eigenvalue weighted by atomic mass is 35.5. The van der Waals surface area contributed by atoms with Crippen LogP contribution in [0.15, 0.2) is 72.9 Å². The number of nitrogens with zero attached hydrogens (tertiary/aromatic N) is 3. The van der Waals surface area contributed by atoms with Crippen molar-refractivity contribution in [1.29, 1.82) is 0 Å². The molecular formula is C27H24Cl2N4O3. The number of amides is 1. The maximum absolute atomic E-state index is 13.0. The number of para-hydroxylation sites is 1. The monoisotopic (exact) mass is 522 g/mol. The fourth-order valence-corrected chi connectivity index (χ4v) is 4.76. The van der Waals surface area contributed by atoms with Crippen molar-refractivity contribution in [1.82, 2.24) is 14.8 Å². The van der Waals surface area contributed by atoms with Crippen LogP contribution in [-0.4, -0.2) is 52.0 Å². The number of anilines is 1. The van der Waals surface area contributed by atoms with Crippen LogP contribution >= 0.6 is 23.2 Å². The lowest BCUT2D eigenvalue weighted by atomic mass is 10.1. The summed E-state index contributed by atoms with van der Waals surface area (Å²) < 4.78 is 0. The number of benzene rings is 3. The third kappa shape index (κ3) is 5.33. The number of pyridine rings is 1. The lowest BCUT2D eigenvalue weighted by Crippen LogP contribution is -2.48. The highest BCUT2D eigenvalue weighted by Gasteiger charge is 2.23. The minimum absolute atomic E-state index is 0.0194. The predicted molar refractivity (Wildman–Crippen MR) is 142 cm³/mol. The van der Waals surface area contributed by atoms with Gasteiger partial charge in [0.25, 0.3) is 5.91 Å². The van der Waals surface area contributed by atoms with Gasteiger partial charge in [-0.3, -0.25) is 14.7 Å². The van der Waals surface area contributed by atoms with Gasteiger partial charge in [-0.2, -0.15) is 0 Å². The fraction of sp³-hybridized carbons (Fsp3) is 0.185. The molecule has 0 spiro atoms. The van der Waals surface area contributed by atoms with Gasteiger partial charge in [-0.15, -0.1) is 0 Å². The van der Waals surface area contributed by atoms with Crippen LogP contribution < -0.4 is 10.3 Å². The number of carbonyl (C=O) groups excluding carboxylic acids is 1. The maximum Gasteiger partial charge on any atom is 0.253 e. The van der Waals surface area contributed by atoms with Gasteiger partial charge >= 0.3 is 0 Å². The average Bonchev–Trinajstić information content (AvgIpc) is 2.90. The van der Waals surface area contributed by atoms with E-state index < -0.39 is 0 Å². The average molecular weight is 523 g/mol. The van der Waals surface area contributed by atoms with Gasteiger partial charge in [0.15, 0.2) is 5.75 Å². The summed E-state index contributed by atoms with van der Waals surface area (Å²) in [7, 11) is 0. The van der Waals surface area contributed by atoms with E-state index in [0.29, 0.717) is 54.6 Å². The van der Waals surface area contributed by atoms with Gasteiger partial charge < -0.3 is 14.8 Å². The van der Waals surface area contributed by atoms with Crippen molar-refractivity contribution in [3.63, 3.8) is 0 Å². The Morgan fingerprint density at radius 1 is 1.00 bits per heavy atom. The fourth-order valence-electron chi connectivity index (χ4n) is 4.23. The number of piperazine rings is 1. The molecule has 4 aromatic rings. The summed E-state index contributed by atoms with van der Waals surface area (Å²) in [4.78, 5) is 27.2. The van der Waals surface area contributed by atoms with E-state index in [-0.39, 0.29) is 16.7 Å². The van der Waals surface area contributed by atoms with Gasteiger partial charge in [-0.1, -0.05) is 41.4 Å². The molecule has 1 amide bonds. The number of carbonyl (C=O) groups is 1. The minimum atomic E-state index is -0.0194. The summed E-state index contributed by atoms with van der Waals surface area (Å²) in [6.07, 6.45) is 1.73. The quantitative estimate of drug-likeness (QED) is 0.320. The third-order valence-electron chi connectivity index (χ3n) is 6.17.